The zero-order valence-corrected chi connectivity index (χ0v) is 9.13. The van der Waals surface area contributed by atoms with Crippen LogP contribution < -0.4 is 4.65 Å². The molecule has 3 aromatic rings. The van der Waals surface area contributed by atoms with Gasteiger partial charge >= 0.3 is 7.69 Å². The first kappa shape index (κ1) is 10.2. The highest BCUT2D eigenvalue weighted by Crippen LogP contribution is 2.32. The summed E-state index contributed by atoms with van der Waals surface area (Å²) in [6.45, 7) is 0. The Balaban J connectivity index is 2.45. The van der Waals surface area contributed by atoms with Gasteiger partial charge in [-0.2, -0.15) is 0 Å². The standard InChI is InChI=1S/C14H10BO2/c16-15-17-14-9-10-5-1-2-6-11(10)12-7-3-4-8-13(12)14/h1-9,16H. The molecule has 0 unspecified atom stereocenters. The fourth-order valence-corrected chi connectivity index (χ4v) is 2.17. The summed E-state index contributed by atoms with van der Waals surface area (Å²) in [7, 11) is 0.719. The molecular weight excluding hydrogens is 211 g/mol. The number of hydrogen-bond acceptors (Lipinski definition) is 2. The highest BCUT2D eigenvalue weighted by atomic mass is 16.5. The van der Waals surface area contributed by atoms with Crippen LogP contribution in [0.3, 0.4) is 0 Å². The van der Waals surface area contributed by atoms with Gasteiger partial charge in [-0.1, -0.05) is 48.5 Å². The fraction of sp³-hybridized carbons (Fsp3) is 0. The van der Waals surface area contributed by atoms with Crippen LogP contribution in [0.1, 0.15) is 0 Å². The maximum Gasteiger partial charge on any atom is 0.569 e. The molecule has 0 saturated carbocycles. The summed E-state index contributed by atoms with van der Waals surface area (Å²) in [6.07, 6.45) is 0. The van der Waals surface area contributed by atoms with E-state index in [1.807, 2.05) is 42.5 Å². The van der Waals surface area contributed by atoms with Crippen molar-refractivity contribution >= 4 is 29.2 Å². The van der Waals surface area contributed by atoms with E-state index in [0.29, 0.717) is 5.75 Å². The zero-order chi connectivity index (χ0) is 11.7. The fourth-order valence-electron chi connectivity index (χ4n) is 2.17. The first-order valence-corrected chi connectivity index (χ1v) is 5.43. The van der Waals surface area contributed by atoms with E-state index in [9.17, 15) is 0 Å². The van der Waals surface area contributed by atoms with Crippen LogP contribution >= 0.6 is 0 Å². The van der Waals surface area contributed by atoms with E-state index in [2.05, 4.69) is 12.1 Å². The van der Waals surface area contributed by atoms with Crippen LogP contribution in [0.15, 0.2) is 54.6 Å². The van der Waals surface area contributed by atoms with Gasteiger partial charge in [-0.25, -0.2) is 0 Å². The van der Waals surface area contributed by atoms with E-state index < -0.39 is 0 Å². The largest absolute Gasteiger partial charge is 0.569 e. The Morgan fingerprint density at radius 3 is 2.24 bits per heavy atom. The lowest BCUT2D eigenvalue weighted by atomic mass is 10.0. The maximum absolute atomic E-state index is 8.80. The topological polar surface area (TPSA) is 29.5 Å². The average Bonchev–Trinajstić information content (AvgIpc) is 2.39. The van der Waals surface area contributed by atoms with Crippen LogP contribution in [0.4, 0.5) is 0 Å². The first-order chi connectivity index (χ1) is 8.40. The number of benzene rings is 3. The molecule has 0 aliphatic heterocycles. The molecule has 17 heavy (non-hydrogen) atoms. The van der Waals surface area contributed by atoms with Gasteiger partial charge in [0.2, 0.25) is 0 Å². The van der Waals surface area contributed by atoms with Crippen molar-refractivity contribution in [2.24, 2.45) is 0 Å². The van der Waals surface area contributed by atoms with E-state index in [1.54, 1.807) is 0 Å². The molecule has 0 spiro atoms. The minimum absolute atomic E-state index is 0.668. The summed E-state index contributed by atoms with van der Waals surface area (Å²) in [6, 6.07) is 18.1. The summed E-state index contributed by atoms with van der Waals surface area (Å²) >= 11 is 0. The van der Waals surface area contributed by atoms with Crippen molar-refractivity contribution < 1.29 is 9.68 Å². The Morgan fingerprint density at radius 1 is 0.824 bits per heavy atom. The Hall–Kier alpha value is -2.00. The zero-order valence-electron chi connectivity index (χ0n) is 9.13. The molecule has 0 aliphatic carbocycles. The lowest BCUT2D eigenvalue weighted by Crippen LogP contribution is -2.00. The van der Waals surface area contributed by atoms with Gasteiger partial charge in [-0.15, -0.1) is 0 Å². The summed E-state index contributed by atoms with van der Waals surface area (Å²) in [5.41, 5.74) is 0. The predicted octanol–water partition coefficient (Wildman–Crippen LogP) is 2.90. The molecule has 0 heterocycles. The summed E-state index contributed by atoms with van der Waals surface area (Å²) < 4.78 is 5.16. The molecular formula is C14H10BO2. The SMILES string of the molecule is O[B]Oc1cc2ccccc2c2ccccc12. The normalized spacial score (nSPS) is 10.6. The van der Waals surface area contributed by atoms with Crippen molar-refractivity contribution in [2.45, 2.75) is 0 Å². The molecule has 81 valence electrons. The quantitative estimate of drug-likeness (QED) is 0.532. The van der Waals surface area contributed by atoms with Crippen LogP contribution in [0.5, 0.6) is 5.75 Å². The van der Waals surface area contributed by atoms with E-state index >= 15 is 0 Å². The van der Waals surface area contributed by atoms with E-state index in [-0.39, 0.29) is 0 Å². The molecule has 1 N–H and O–H groups in total. The second-order valence-electron chi connectivity index (χ2n) is 3.86. The Labute approximate surface area is 99.8 Å². The van der Waals surface area contributed by atoms with Crippen molar-refractivity contribution in [3.05, 3.63) is 54.6 Å². The second kappa shape index (κ2) is 4.11. The summed E-state index contributed by atoms with van der Waals surface area (Å²) in [4.78, 5) is 0. The van der Waals surface area contributed by atoms with Crippen molar-refractivity contribution in [1.29, 1.82) is 0 Å². The lowest BCUT2D eigenvalue weighted by molar-refractivity contribution is 0.457. The van der Waals surface area contributed by atoms with E-state index in [0.717, 1.165) is 23.8 Å². The number of rotatable bonds is 2. The second-order valence-corrected chi connectivity index (χ2v) is 3.86. The molecule has 0 aliphatic rings. The van der Waals surface area contributed by atoms with Crippen molar-refractivity contribution in [3.8, 4) is 5.75 Å². The Bertz CT molecular complexity index is 679. The van der Waals surface area contributed by atoms with Crippen molar-refractivity contribution in [3.63, 3.8) is 0 Å². The minimum atomic E-state index is 0.668. The van der Waals surface area contributed by atoms with Crippen LogP contribution in [-0.4, -0.2) is 12.7 Å². The Kier molecular flexibility index (Phi) is 2.46. The van der Waals surface area contributed by atoms with Gasteiger partial charge in [0.25, 0.3) is 0 Å². The van der Waals surface area contributed by atoms with Gasteiger partial charge in [-0.05, 0) is 22.2 Å². The third-order valence-electron chi connectivity index (χ3n) is 2.91. The molecule has 0 fully saturated rings. The molecule has 0 atom stereocenters. The lowest BCUT2D eigenvalue weighted by Gasteiger charge is -2.09. The summed E-state index contributed by atoms with van der Waals surface area (Å²) in [5, 5.41) is 13.2. The molecule has 0 saturated heterocycles. The van der Waals surface area contributed by atoms with Gasteiger partial charge in [0.05, 0.1) is 0 Å². The van der Waals surface area contributed by atoms with Gasteiger partial charge in [0.15, 0.2) is 0 Å². The highest BCUT2D eigenvalue weighted by Gasteiger charge is 2.06. The smallest absolute Gasteiger partial charge is 0.537 e. The maximum atomic E-state index is 8.80. The molecule has 1 radical (unpaired) electrons. The van der Waals surface area contributed by atoms with Crippen molar-refractivity contribution in [1.82, 2.24) is 0 Å². The summed E-state index contributed by atoms with van der Waals surface area (Å²) in [5.74, 6) is 0.668. The van der Waals surface area contributed by atoms with E-state index in [1.165, 1.54) is 5.39 Å². The molecule has 0 bridgehead atoms. The Morgan fingerprint density at radius 2 is 1.47 bits per heavy atom. The third-order valence-corrected chi connectivity index (χ3v) is 2.91. The molecule has 0 amide bonds. The first-order valence-electron chi connectivity index (χ1n) is 5.43. The highest BCUT2D eigenvalue weighted by molar-refractivity contribution is 6.19. The minimum Gasteiger partial charge on any atom is -0.537 e. The molecule has 2 nitrogen and oxygen atoms in total. The van der Waals surface area contributed by atoms with Crippen LogP contribution in [0, 0.1) is 0 Å². The van der Waals surface area contributed by atoms with Crippen LogP contribution in [0.2, 0.25) is 0 Å². The molecule has 0 aromatic heterocycles. The van der Waals surface area contributed by atoms with E-state index in [4.69, 9.17) is 9.68 Å². The average molecular weight is 221 g/mol. The van der Waals surface area contributed by atoms with Gasteiger partial charge in [0, 0.05) is 5.39 Å². The molecule has 3 rings (SSSR count). The van der Waals surface area contributed by atoms with Crippen LogP contribution in [0.25, 0.3) is 21.5 Å². The third kappa shape index (κ3) is 1.65. The molecule has 3 aromatic carbocycles. The number of fused-ring (bicyclic) bond motifs is 3. The van der Waals surface area contributed by atoms with Gasteiger partial charge in [0.1, 0.15) is 5.75 Å². The van der Waals surface area contributed by atoms with Gasteiger partial charge < -0.3 is 9.68 Å². The predicted molar refractivity (Wildman–Crippen MR) is 70.1 cm³/mol. The monoisotopic (exact) mass is 221 g/mol. The molecule has 3 heteroatoms. The van der Waals surface area contributed by atoms with Crippen LogP contribution in [-0.2, 0) is 0 Å². The van der Waals surface area contributed by atoms with Gasteiger partial charge in [-0.3, -0.25) is 0 Å². The van der Waals surface area contributed by atoms with Crippen molar-refractivity contribution in [2.75, 3.05) is 0 Å². The number of hydrogen-bond donors (Lipinski definition) is 1.